The Morgan fingerprint density at radius 1 is 1.38 bits per heavy atom. The highest BCUT2D eigenvalue weighted by Crippen LogP contribution is 2.39. The molecule has 0 saturated heterocycles. The summed E-state index contributed by atoms with van der Waals surface area (Å²) in [6.45, 7) is 5.59. The zero-order valence-electron chi connectivity index (χ0n) is 12.8. The van der Waals surface area contributed by atoms with E-state index in [0.717, 1.165) is 24.0 Å². The molecule has 114 valence electrons. The summed E-state index contributed by atoms with van der Waals surface area (Å²) in [7, 11) is 0. The molecule has 2 rings (SSSR count). The molecule has 0 unspecified atom stereocenters. The molecule has 0 atom stereocenters. The van der Waals surface area contributed by atoms with Gasteiger partial charge in [-0.2, -0.15) is 0 Å². The minimum absolute atomic E-state index is 0.307. The van der Waals surface area contributed by atoms with Gasteiger partial charge in [-0.1, -0.05) is 24.1 Å². The molecule has 0 heterocycles. The standard InChI is InChI=1S/C17H22ClNO2/c1-17(2,3)21-16(20)10-13(11-5-4-6-11)12-7-8-14(18)15(19)9-12/h7-11H,4-6,19H2,1-3H3/b13-10-. The van der Waals surface area contributed by atoms with Crippen LogP contribution < -0.4 is 5.73 Å². The van der Waals surface area contributed by atoms with Crippen molar-refractivity contribution in [3.63, 3.8) is 0 Å². The monoisotopic (exact) mass is 307 g/mol. The van der Waals surface area contributed by atoms with Crippen molar-refractivity contribution in [1.82, 2.24) is 0 Å². The molecule has 21 heavy (non-hydrogen) atoms. The fourth-order valence-corrected chi connectivity index (χ4v) is 2.46. The van der Waals surface area contributed by atoms with Crippen molar-refractivity contribution in [3.8, 4) is 0 Å². The maximum absolute atomic E-state index is 12.1. The molecule has 0 spiro atoms. The highest BCUT2D eigenvalue weighted by atomic mass is 35.5. The number of nitrogens with two attached hydrogens (primary N) is 1. The van der Waals surface area contributed by atoms with Gasteiger partial charge in [0.2, 0.25) is 0 Å². The molecule has 1 aliphatic rings. The van der Waals surface area contributed by atoms with Gasteiger partial charge in [0, 0.05) is 6.08 Å². The Morgan fingerprint density at radius 2 is 2.05 bits per heavy atom. The molecule has 0 radical (unpaired) electrons. The lowest BCUT2D eigenvalue weighted by molar-refractivity contribution is -0.148. The number of esters is 1. The van der Waals surface area contributed by atoms with Gasteiger partial charge in [-0.05, 0) is 62.8 Å². The van der Waals surface area contributed by atoms with Crippen molar-refractivity contribution in [3.05, 3.63) is 34.9 Å². The quantitative estimate of drug-likeness (QED) is 0.510. The van der Waals surface area contributed by atoms with E-state index in [1.165, 1.54) is 6.42 Å². The minimum Gasteiger partial charge on any atom is -0.457 e. The Bertz CT molecular complexity index is 569. The summed E-state index contributed by atoms with van der Waals surface area (Å²) in [4.78, 5) is 12.1. The van der Waals surface area contributed by atoms with E-state index in [9.17, 15) is 4.79 Å². The van der Waals surface area contributed by atoms with Gasteiger partial charge in [-0.25, -0.2) is 4.79 Å². The van der Waals surface area contributed by atoms with Crippen molar-refractivity contribution >= 4 is 28.8 Å². The lowest BCUT2D eigenvalue weighted by Gasteiger charge is -2.29. The maximum Gasteiger partial charge on any atom is 0.331 e. The first-order valence-electron chi connectivity index (χ1n) is 7.26. The largest absolute Gasteiger partial charge is 0.457 e. The average molecular weight is 308 g/mol. The summed E-state index contributed by atoms with van der Waals surface area (Å²) in [5.41, 5.74) is 7.87. The van der Waals surface area contributed by atoms with Gasteiger partial charge in [-0.3, -0.25) is 0 Å². The number of rotatable bonds is 3. The molecule has 3 nitrogen and oxygen atoms in total. The molecule has 0 amide bonds. The number of allylic oxidation sites excluding steroid dienone is 1. The van der Waals surface area contributed by atoms with E-state index in [1.807, 2.05) is 32.9 Å². The summed E-state index contributed by atoms with van der Waals surface area (Å²) in [6.07, 6.45) is 4.99. The van der Waals surface area contributed by atoms with Crippen LogP contribution in [0.1, 0.15) is 45.6 Å². The molecule has 4 heteroatoms. The molecule has 1 aromatic rings. The predicted octanol–water partition coefficient (Wildman–Crippen LogP) is 4.45. The third-order valence-corrected chi connectivity index (χ3v) is 3.90. The van der Waals surface area contributed by atoms with E-state index in [-0.39, 0.29) is 5.97 Å². The fraction of sp³-hybridized carbons (Fsp3) is 0.471. The van der Waals surface area contributed by atoms with Crippen molar-refractivity contribution in [2.24, 2.45) is 5.92 Å². The van der Waals surface area contributed by atoms with Crippen LogP contribution in [0.5, 0.6) is 0 Å². The molecule has 0 aliphatic heterocycles. The predicted molar refractivity (Wildman–Crippen MR) is 87.0 cm³/mol. The highest BCUT2D eigenvalue weighted by molar-refractivity contribution is 6.33. The molecule has 1 aromatic carbocycles. The summed E-state index contributed by atoms with van der Waals surface area (Å²) >= 11 is 5.97. The molecular weight excluding hydrogens is 286 g/mol. The second kappa shape index (κ2) is 6.10. The third-order valence-electron chi connectivity index (χ3n) is 3.55. The maximum atomic E-state index is 12.1. The molecule has 1 saturated carbocycles. The molecule has 0 aromatic heterocycles. The van der Waals surface area contributed by atoms with E-state index >= 15 is 0 Å². The van der Waals surface area contributed by atoms with Crippen LogP contribution >= 0.6 is 11.6 Å². The third kappa shape index (κ3) is 4.24. The van der Waals surface area contributed by atoms with Gasteiger partial charge >= 0.3 is 5.97 Å². The van der Waals surface area contributed by atoms with E-state index in [1.54, 1.807) is 12.1 Å². The first kappa shape index (κ1) is 15.9. The van der Waals surface area contributed by atoms with Gasteiger partial charge < -0.3 is 10.5 Å². The summed E-state index contributed by atoms with van der Waals surface area (Å²) in [5, 5.41) is 0.531. The van der Waals surface area contributed by atoms with E-state index in [4.69, 9.17) is 22.1 Å². The van der Waals surface area contributed by atoms with E-state index in [2.05, 4.69) is 0 Å². The Kier molecular flexibility index (Phi) is 4.62. The lowest BCUT2D eigenvalue weighted by atomic mass is 9.77. The first-order valence-corrected chi connectivity index (χ1v) is 7.64. The number of nitrogen functional groups attached to an aromatic ring is 1. The van der Waals surface area contributed by atoms with Crippen molar-refractivity contribution in [2.45, 2.75) is 45.6 Å². The molecule has 0 bridgehead atoms. The Hall–Kier alpha value is -1.48. The SMILES string of the molecule is CC(C)(C)OC(=O)/C=C(\c1ccc(Cl)c(N)c1)C1CCC1. The number of hydrogen-bond donors (Lipinski definition) is 1. The smallest absolute Gasteiger partial charge is 0.331 e. The normalized spacial score (nSPS) is 16.5. The summed E-state index contributed by atoms with van der Waals surface area (Å²) in [6, 6.07) is 5.51. The summed E-state index contributed by atoms with van der Waals surface area (Å²) in [5.74, 6) is 0.0935. The highest BCUT2D eigenvalue weighted by Gasteiger charge is 2.25. The average Bonchev–Trinajstić information content (AvgIpc) is 2.27. The minimum atomic E-state index is -0.489. The van der Waals surface area contributed by atoms with Crippen LogP contribution in [0.2, 0.25) is 5.02 Å². The van der Waals surface area contributed by atoms with Gasteiger partial charge in [0.25, 0.3) is 0 Å². The van der Waals surface area contributed by atoms with Crippen LogP contribution in [0.15, 0.2) is 24.3 Å². The van der Waals surface area contributed by atoms with Crippen molar-refractivity contribution in [2.75, 3.05) is 5.73 Å². The van der Waals surface area contributed by atoms with Crippen LogP contribution in [0, 0.1) is 5.92 Å². The fourth-order valence-electron chi connectivity index (χ4n) is 2.34. The first-order chi connectivity index (χ1) is 9.76. The van der Waals surface area contributed by atoms with Crippen LogP contribution in [-0.4, -0.2) is 11.6 Å². The van der Waals surface area contributed by atoms with E-state index < -0.39 is 5.60 Å². The van der Waals surface area contributed by atoms with Gasteiger partial charge in [-0.15, -0.1) is 0 Å². The van der Waals surface area contributed by atoms with Crippen LogP contribution in [0.25, 0.3) is 5.57 Å². The van der Waals surface area contributed by atoms with Crippen LogP contribution in [0.3, 0.4) is 0 Å². The molecule has 2 N–H and O–H groups in total. The second-order valence-electron chi connectivity index (χ2n) is 6.50. The zero-order valence-corrected chi connectivity index (χ0v) is 13.5. The number of halogens is 1. The number of ether oxygens (including phenoxy) is 1. The number of anilines is 1. The van der Waals surface area contributed by atoms with Gasteiger partial charge in [0.1, 0.15) is 5.60 Å². The Balaban J connectivity index is 2.29. The number of carbonyl (C=O) groups is 1. The topological polar surface area (TPSA) is 52.3 Å². The number of hydrogen-bond acceptors (Lipinski definition) is 3. The van der Waals surface area contributed by atoms with Gasteiger partial charge in [0.05, 0.1) is 10.7 Å². The van der Waals surface area contributed by atoms with Crippen LogP contribution in [-0.2, 0) is 9.53 Å². The Labute approximate surface area is 131 Å². The van der Waals surface area contributed by atoms with Gasteiger partial charge in [0.15, 0.2) is 0 Å². The number of carbonyl (C=O) groups excluding carboxylic acids is 1. The van der Waals surface area contributed by atoms with Crippen LogP contribution in [0.4, 0.5) is 5.69 Å². The lowest BCUT2D eigenvalue weighted by Crippen LogP contribution is -2.23. The van der Waals surface area contributed by atoms with Crippen molar-refractivity contribution in [1.29, 1.82) is 0 Å². The zero-order chi connectivity index (χ0) is 15.6. The number of benzene rings is 1. The Morgan fingerprint density at radius 3 is 2.52 bits per heavy atom. The second-order valence-corrected chi connectivity index (χ2v) is 6.90. The van der Waals surface area contributed by atoms with Crippen molar-refractivity contribution < 1.29 is 9.53 Å². The molecule has 1 aliphatic carbocycles. The van der Waals surface area contributed by atoms with E-state index in [0.29, 0.717) is 16.6 Å². The molecular formula is C17H22ClNO2. The molecule has 1 fully saturated rings. The summed E-state index contributed by atoms with van der Waals surface area (Å²) < 4.78 is 5.39.